The van der Waals surface area contributed by atoms with Crippen LogP contribution in [0, 0.1) is 0 Å². The van der Waals surface area contributed by atoms with Crippen LogP contribution in [0.25, 0.3) is 6.08 Å². The van der Waals surface area contributed by atoms with Crippen molar-refractivity contribution in [1.29, 1.82) is 0 Å². The Kier molecular flexibility index (Phi) is 4.07. The van der Waals surface area contributed by atoms with Crippen molar-refractivity contribution in [3.63, 3.8) is 0 Å². The molecule has 1 N–H and O–H groups in total. The zero-order valence-electron chi connectivity index (χ0n) is 9.19. The Morgan fingerprint density at radius 1 is 1.22 bits per heavy atom. The summed E-state index contributed by atoms with van der Waals surface area (Å²) in [5.41, 5.74) is 0.543. The molecule has 0 bridgehead atoms. The van der Waals surface area contributed by atoms with Gasteiger partial charge in [0.05, 0.1) is 6.26 Å². The van der Waals surface area contributed by atoms with Gasteiger partial charge in [-0.2, -0.15) is 0 Å². The van der Waals surface area contributed by atoms with E-state index in [2.05, 4.69) is 5.32 Å². The van der Waals surface area contributed by atoms with Crippen LogP contribution in [0.15, 0.2) is 47.1 Å². The summed E-state index contributed by atoms with van der Waals surface area (Å²) < 4.78 is 5.06. The van der Waals surface area contributed by atoms with E-state index in [0.29, 0.717) is 21.5 Å². The average Bonchev–Trinajstić information content (AvgIpc) is 2.77. The highest BCUT2D eigenvalue weighted by atomic mass is 35.5. The minimum Gasteiger partial charge on any atom is -0.465 e. The van der Waals surface area contributed by atoms with E-state index in [1.54, 1.807) is 36.4 Å². The Morgan fingerprint density at radius 2 is 1.94 bits per heavy atom. The second-order valence-electron chi connectivity index (χ2n) is 3.50. The van der Waals surface area contributed by atoms with E-state index >= 15 is 0 Å². The quantitative estimate of drug-likeness (QED) is 0.855. The molecule has 2 rings (SSSR count). The standard InChI is InChI=1S/C13H9Cl2NO2/c14-9-6-10(15)8-11(7-9)16-13(17)4-3-12-2-1-5-18-12/h1-8H,(H,16,17). The number of halogens is 2. The predicted molar refractivity (Wildman–Crippen MR) is 72.8 cm³/mol. The second kappa shape index (κ2) is 5.76. The number of carbonyl (C=O) groups excluding carboxylic acids is 1. The van der Waals surface area contributed by atoms with Crippen molar-refractivity contribution in [3.05, 3.63) is 58.5 Å². The molecule has 1 aromatic heterocycles. The molecule has 0 unspecified atom stereocenters. The van der Waals surface area contributed by atoms with Crippen LogP contribution in [0.2, 0.25) is 10.0 Å². The lowest BCUT2D eigenvalue weighted by Gasteiger charge is -2.03. The molecule has 18 heavy (non-hydrogen) atoms. The van der Waals surface area contributed by atoms with Crippen LogP contribution in [0.5, 0.6) is 0 Å². The molecule has 0 atom stereocenters. The Labute approximate surface area is 114 Å². The van der Waals surface area contributed by atoms with Crippen molar-refractivity contribution >= 4 is 40.9 Å². The number of nitrogens with one attached hydrogen (secondary N) is 1. The van der Waals surface area contributed by atoms with Crippen molar-refractivity contribution in [2.45, 2.75) is 0 Å². The molecule has 1 heterocycles. The van der Waals surface area contributed by atoms with Crippen molar-refractivity contribution < 1.29 is 9.21 Å². The van der Waals surface area contributed by atoms with Crippen molar-refractivity contribution in [2.24, 2.45) is 0 Å². The molecule has 0 fully saturated rings. The van der Waals surface area contributed by atoms with Crippen molar-refractivity contribution in [1.82, 2.24) is 0 Å². The van der Waals surface area contributed by atoms with Gasteiger partial charge in [-0.1, -0.05) is 23.2 Å². The molecule has 0 spiro atoms. The van der Waals surface area contributed by atoms with Crippen LogP contribution >= 0.6 is 23.2 Å². The van der Waals surface area contributed by atoms with Crippen LogP contribution < -0.4 is 5.32 Å². The summed E-state index contributed by atoms with van der Waals surface area (Å²) in [5.74, 6) is 0.319. The van der Waals surface area contributed by atoms with Crippen LogP contribution in [0.4, 0.5) is 5.69 Å². The van der Waals surface area contributed by atoms with E-state index in [-0.39, 0.29) is 5.91 Å². The third-order valence-corrected chi connectivity index (χ3v) is 2.51. The number of hydrogen-bond donors (Lipinski definition) is 1. The van der Waals surface area contributed by atoms with E-state index < -0.39 is 0 Å². The normalized spacial score (nSPS) is 10.8. The maximum atomic E-state index is 11.6. The van der Waals surface area contributed by atoms with Gasteiger partial charge >= 0.3 is 0 Å². The number of hydrogen-bond acceptors (Lipinski definition) is 2. The summed E-state index contributed by atoms with van der Waals surface area (Å²) in [6, 6.07) is 8.32. The summed E-state index contributed by atoms with van der Waals surface area (Å²) >= 11 is 11.6. The number of anilines is 1. The molecule has 0 aliphatic rings. The highest BCUT2D eigenvalue weighted by molar-refractivity contribution is 6.35. The Balaban J connectivity index is 2.03. The fourth-order valence-corrected chi connectivity index (χ4v) is 1.88. The molecule has 0 radical (unpaired) electrons. The van der Waals surface area contributed by atoms with Gasteiger partial charge in [0.2, 0.25) is 5.91 Å². The van der Waals surface area contributed by atoms with E-state index in [1.807, 2.05) is 0 Å². The van der Waals surface area contributed by atoms with Gasteiger partial charge in [0.25, 0.3) is 0 Å². The van der Waals surface area contributed by atoms with Crippen LogP contribution in [0.1, 0.15) is 5.76 Å². The van der Waals surface area contributed by atoms with Gasteiger partial charge < -0.3 is 9.73 Å². The maximum absolute atomic E-state index is 11.6. The van der Waals surface area contributed by atoms with E-state index in [4.69, 9.17) is 27.6 Å². The molecule has 1 aromatic carbocycles. The molecule has 2 aromatic rings. The fourth-order valence-electron chi connectivity index (χ4n) is 1.35. The number of rotatable bonds is 3. The first-order valence-corrected chi connectivity index (χ1v) is 5.88. The van der Waals surface area contributed by atoms with Gasteiger partial charge in [-0.05, 0) is 36.4 Å². The topological polar surface area (TPSA) is 42.2 Å². The highest BCUT2D eigenvalue weighted by Crippen LogP contribution is 2.22. The number of amides is 1. The van der Waals surface area contributed by atoms with Crippen LogP contribution in [0.3, 0.4) is 0 Å². The first-order valence-electron chi connectivity index (χ1n) is 5.12. The van der Waals surface area contributed by atoms with Gasteiger partial charge in [-0.3, -0.25) is 4.79 Å². The molecule has 0 saturated carbocycles. The first kappa shape index (κ1) is 12.7. The molecule has 0 aliphatic carbocycles. The zero-order valence-corrected chi connectivity index (χ0v) is 10.7. The lowest BCUT2D eigenvalue weighted by Crippen LogP contribution is -2.07. The van der Waals surface area contributed by atoms with Gasteiger partial charge in [-0.15, -0.1) is 0 Å². The van der Waals surface area contributed by atoms with E-state index in [9.17, 15) is 4.79 Å². The molecular formula is C13H9Cl2NO2. The monoisotopic (exact) mass is 281 g/mol. The van der Waals surface area contributed by atoms with Crippen LogP contribution in [-0.2, 0) is 4.79 Å². The molecule has 5 heteroatoms. The molecule has 1 amide bonds. The SMILES string of the molecule is O=C(C=Cc1ccco1)Nc1cc(Cl)cc(Cl)c1. The summed E-state index contributed by atoms with van der Waals surface area (Å²) in [6.07, 6.45) is 4.48. The minimum absolute atomic E-state index is 0.287. The fraction of sp³-hybridized carbons (Fsp3) is 0. The third kappa shape index (κ3) is 3.65. The Bertz CT molecular complexity index is 556. The molecule has 0 aliphatic heterocycles. The van der Waals surface area contributed by atoms with Gasteiger partial charge in [0, 0.05) is 21.8 Å². The van der Waals surface area contributed by atoms with Crippen molar-refractivity contribution in [3.8, 4) is 0 Å². The average molecular weight is 282 g/mol. The summed E-state index contributed by atoms with van der Waals surface area (Å²) in [7, 11) is 0. The molecule has 3 nitrogen and oxygen atoms in total. The minimum atomic E-state index is -0.287. The molecule has 92 valence electrons. The molecule has 0 saturated heterocycles. The summed E-state index contributed by atoms with van der Waals surface area (Å²) in [4.78, 5) is 11.6. The molecular weight excluding hydrogens is 273 g/mol. The largest absolute Gasteiger partial charge is 0.465 e. The first-order chi connectivity index (χ1) is 8.63. The van der Waals surface area contributed by atoms with Crippen LogP contribution in [-0.4, -0.2) is 5.91 Å². The third-order valence-electron chi connectivity index (χ3n) is 2.07. The van der Waals surface area contributed by atoms with Crippen molar-refractivity contribution in [2.75, 3.05) is 5.32 Å². The zero-order chi connectivity index (χ0) is 13.0. The smallest absolute Gasteiger partial charge is 0.248 e. The summed E-state index contributed by atoms with van der Waals surface area (Å²) in [5, 5.41) is 3.58. The highest BCUT2D eigenvalue weighted by Gasteiger charge is 2.01. The lowest BCUT2D eigenvalue weighted by atomic mass is 10.3. The Hall–Kier alpha value is -1.71. The van der Waals surface area contributed by atoms with Gasteiger partial charge in [0.1, 0.15) is 5.76 Å². The maximum Gasteiger partial charge on any atom is 0.248 e. The van der Waals surface area contributed by atoms with Gasteiger partial charge in [-0.25, -0.2) is 0 Å². The number of benzene rings is 1. The lowest BCUT2D eigenvalue weighted by molar-refractivity contribution is -0.111. The number of furan rings is 1. The van der Waals surface area contributed by atoms with E-state index in [0.717, 1.165) is 0 Å². The van der Waals surface area contributed by atoms with Gasteiger partial charge in [0.15, 0.2) is 0 Å². The van der Waals surface area contributed by atoms with E-state index in [1.165, 1.54) is 12.3 Å². The Morgan fingerprint density at radius 3 is 2.56 bits per heavy atom. The summed E-state index contributed by atoms with van der Waals surface area (Å²) in [6.45, 7) is 0. The number of carbonyl (C=O) groups is 1. The predicted octanol–water partition coefficient (Wildman–Crippen LogP) is 4.24. The second-order valence-corrected chi connectivity index (χ2v) is 4.37.